The van der Waals surface area contributed by atoms with Crippen LogP contribution >= 0.6 is 0 Å². The van der Waals surface area contributed by atoms with Crippen molar-refractivity contribution in [1.82, 2.24) is 24.1 Å². The molecule has 0 bridgehead atoms. The summed E-state index contributed by atoms with van der Waals surface area (Å²) in [6, 6.07) is 3.22. The van der Waals surface area contributed by atoms with Gasteiger partial charge in [-0.1, -0.05) is 6.92 Å². The molecule has 0 amide bonds. The zero-order chi connectivity index (χ0) is 27.6. The van der Waals surface area contributed by atoms with E-state index in [0.717, 1.165) is 28.3 Å². The number of methoxy groups -OCH3 is 1. The number of hydrogen-bond acceptors (Lipinski definition) is 7. The summed E-state index contributed by atoms with van der Waals surface area (Å²) in [5.41, 5.74) is 4.62. The Kier molecular flexibility index (Phi) is 5.94. The lowest BCUT2D eigenvalue weighted by Gasteiger charge is -2.37. The Bertz CT molecular complexity index is 1690. The smallest absolute Gasteiger partial charge is 0.351 e. The summed E-state index contributed by atoms with van der Waals surface area (Å²) in [6.07, 6.45) is 2.35. The lowest BCUT2D eigenvalue weighted by molar-refractivity contribution is -0.112. The third-order valence-corrected chi connectivity index (χ3v) is 7.95. The largest absolute Gasteiger partial charge is 0.491 e. The summed E-state index contributed by atoms with van der Waals surface area (Å²) in [5.74, 6) is -0.753. The number of halogens is 2. The van der Waals surface area contributed by atoms with E-state index in [4.69, 9.17) is 14.5 Å². The molecular weight excluding hydrogens is 506 g/mol. The molecule has 0 N–H and O–H groups in total. The van der Waals surface area contributed by atoms with E-state index < -0.39 is 17.4 Å². The molecule has 4 aromatic rings. The van der Waals surface area contributed by atoms with Gasteiger partial charge >= 0.3 is 5.69 Å². The maximum atomic E-state index is 14.7. The van der Waals surface area contributed by atoms with Gasteiger partial charge in [-0.25, -0.2) is 22.7 Å². The molecular formula is C28H30F2N6O3. The summed E-state index contributed by atoms with van der Waals surface area (Å²) in [4.78, 5) is 24.7. The van der Waals surface area contributed by atoms with Crippen molar-refractivity contribution in [2.45, 2.75) is 47.2 Å². The second kappa shape index (κ2) is 9.11. The summed E-state index contributed by atoms with van der Waals surface area (Å²) in [7, 11) is 1.25. The molecule has 3 aromatic heterocycles. The topological polar surface area (TPSA) is 86.8 Å². The number of benzene rings is 1. The number of anilines is 1. The molecule has 9 nitrogen and oxygen atoms in total. The number of aromatic nitrogens is 5. The maximum Gasteiger partial charge on any atom is 0.351 e. The Labute approximate surface area is 224 Å². The highest BCUT2D eigenvalue weighted by Gasteiger charge is 2.35. The average Bonchev–Trinajstić information content (AvgIpc) is 3.21. The van der Waals surface area contributed by atoms with Gasteiger partial charge in [0, 0.05) is 53.6 Å². The van der Waals surface area contributed by atoms with E-state index in [1.165, 1.54) is 17.9 Å². The van der Waals surface area contributed by atoms with Gasteiger partial charge in [0.1, 0.15) is 5.82 Å². The molecule has 1 aromatic carbocycles. The summed E-state index contributed by atoms with van der Waals surface area (Å²) in [5, 5.41) is 4.56. The van der Waals surface area contributed by atoms with E-state index in [0.29, 0.717) is 61.7 Å². The number of fused-ring (bicyclic) bond motifs is 2. The van der Waals surface area contributed by atoms with Gasteiger partial charge in [-0.2, -0.15) is 4.98 Å². The molecule has 1 saturated heterocycles. The molecule has 0 unspecified atom stereocenters. The van der Waals surface area contributed by atoms with Gasteiger partial charge in [0.05, 0.1) is 26.9 Å². The predicted octanol–water partition coefficient (Wildman–Crippen LogP) is 3.76. The highest BCUT2D eigenvalue weighted by Crippen LogP contribution is 2.35. The van der Waals surface area contributed by atoms with Crippen LogP contribution in [0.4, 0.5) is 14.6 Å². The van der Waals surface area contributed by atoms with Crippen LogP contribution in [0.1, 0.15) is 35.0 Å². The zero-order valence-electron chi connectivity index (χ0n) is 22.6. The number of nitrogens with zero attached hydrogens (tertiary/aromatic N) is 6. The van der Waals surface area contributed by atoms with Crippen molar-refractivity contribution >= 4 is 11.6 Å². The molecule has 39 heavy (non-hydrogen) atoms. The van der Waals surface area contributed by atoms with E-state index in [1.807, 2.05) is 19.9 Å². The molecule has 0 atom stereocenters. The minimum atomic E-state index is -0.757. The molecule has 5 heterocycles. The highest BCUT2D eigenvalue weighted by atomic mass is 19.1. The standard InChI is InChI=1S/C28H30F2N6O3/c1-15-17(3)36-26(33-35(27(36)37)12-28(4)13-39-14-28)32-25(15)34-7-6-22-19(11-34)8-18(10-31-22)20-9-21(29)24(38-5)23(30)16(20)2/h8-10H,6-7,11-14H2,1-5H3. The summed E-state index contributed by atoms with van der Waals surface area (Å²) in [6.45, 7) is 10.4. The summed E-state index contributed by atoms with van der Waals surface area (Å²) >= 11 is 0. The van der Waals surface area contributed by atoms with Crippen molar-refractivity contribution in [3.63, 3.8) is 0 Å². The predicted molar refractivity (Wildman–Crippen MR) is 141 cm³/mol. The third kappa shape index (κ3) is 4.07. The van der Waals surface area contributed by atoms with Gasteiger partial charge in [0.25, 0.3) is 5.78 Å². The van der Waals surface area contributed by atoms with Gasteiger partial charge in [0.2, 0.25) is 0 Å². The first kappa shape index (κ1) is 25.4. The first-order valence-corrected chi connectivity index (χ1v) is 12.9. The van der Waals surface area contributed by atoms with Gasteiger partial charge in [-0.05, 0) is 49.6 Å². The Balaban J connectivity index is 1.36. The maximum absolute atomic E-state index is 14.7. The SMILES string of the molecule is COc1c(F)cc(-c2cnc3c(c2)CN(c2nc4nn(CC5(C)COC5)c(=O)n4c(C)c2C)CC3)c(C)c1F. The minimum absolute atomic E-state index is 0.108. The van der Waals surface area contributed by atoms with Crippen molar-refractivity contribution < 1.29 is 18.3 Å². The molecule has 6 rings (SSSR count). The van der Waals surface area contributed by atoms with Crippen molar-refractivity contribution in [2.24, 2.45) is 5.41 Å². The lowest BCUT2D eigenvalue weighted by atomic mass is 9.89. The highest BCUT2D eigenvalue weighted by molar-refractivity contribution is 5.69. The Hall–Kier alpha value is -3.86. The molecule has 1 fully saturated rings. The fourth-order valence-electron chi connectivity index (χ4n) is 5.52. The first-order valence-electron chi connectivity index (χ1n) is 12.9. The second-order valence-electron chi connectivity index (χ2n) is 10.9. The lowest BCUT2D eigenvalue weighted by Crippen LogP contribution is -2.45. The van der Waals surface area contributed by atoms with E-state index >= 15 is 0 Å². The number of hydrogen-bond donors (Lipinski definition) is 0. The van der Waals surface area contributed by atoms with Crippen molar-refractivity contribution in [3.8, 4) is 16.9 Å². The van der Waals surface area contributed by atoms with Crippen LogP contribution in [0.15, 0.2) is 23.1 Å². The zero-order valence-corrected chi connectivity index (χ0v) is 22.6. The molecule has 0 radical (unpaired) electrons. The number of pyridine rings is 1. The molecule has 0 saturated carbocycles. The fourth-order valence-corrected chi connectivity index (χ4v) is 5.52. The number of rotatable bonds is 5. The van der Waals surface area contributed by atoms with Crippen LogP contribution in [-0.2, 0) is 24.2 Å². The Morgan fingerprint density at radius 2 is 1.92 bits per heavy atom. The van der Waals surface area contributed by atoms with Gasteiger partial charge in [-0.3, -0.25) is 4.98 Å². The number of aryl methyl sites for hydroxylation is 1. The monoisotopic (exact) mass is 536 g/mol. The third-order valence-electron chi connectivity index (χ3n) is 7.95. The van der Waals surface area contributed by atoms with Gasteiger partial charge in [-0.15, -0.1) is 5.10 Å². The first-order chi connectivity index (χ1) is 18.6. The van der Waals surface area contributed by atoms with Crippen LogP contribution in [0.5, 0.6) is 5.75 Å². The van der Waals surface area contributed by atoms with Gasteiger partial charge in [0.15, 0.2) is 17.4 Å². The van der Waals surface area contributed by atoms with Crippen LogP contribution in [0, 0.1) is 37.8 Å². The van der Waals surface area contributed by atoms with Crippen molar-refractivity contribution in [3.05, 3.63) is 68.5 Å². The van der Waals surface area contributed by atoms with E-state index in [2.05, 4.69) is 21.9 Å². The molecule has 0 aliphatic carbocycles. The van der Waals surface area contributed by atoms with Crippen molar-refractivity contribution in [2.75, 3.05) is 31.8 Å². The Morgan fingerprint density at radius 3 is 2.62 bits per heavy atom. The van der Waals surface area contributed by atoms with Crippen LogP contribution in [-0.4, -0.2) is 51.0 Å². The number of ether oxygens (including phenoxy) is 2. The fraction of sp³-hybridized carbons (Fsp3) is 0.429. The van der Waals surface area contributed by atoms with E-state index in [9.17, 15) is 13.6 Å². The van der Waals surface area contributed by atoms with Crippen molar-refractivity contribution in [1.29, 1.82) is 0 Å². The average molecular weight is 537 g/mol. The van der Waals surface area contributed by atoms with Crippen LogP contribution in [0.25, 0.3) is 16.9 Å². The molecule has 0 spiro atoms. The molecule has 204 valence electrons. The molecule has 11 heteroatoms. The van der Waals surface area contributed by atoms with E-state index in [1.54, 1.807) is 17.5 Å². The quantitative estimate of drug-likeness (QED) is 0.384. The van der Waals surface area contributed by atoms with Crippen LogP contribution in [0.3, 0.4) is 0 Å². The molecule has 2 aliphatic heterocycles. The minimum Gasteiger partial charge on any atom is -0.491 e. The van der Waals surface area contributed by atoms with Gasteiger partial charge < -0.3 is 14.4 Å². The van der Waals surface area contributed by atoms with Crippen LogP contribution in [0.2, 0.25) is 0 Å². The van der Waals surface area contributed by atoms with Crippen LogP contribution < -0.4 is 15.3 Å². The second-order valence-corrected chi connectivity index (χ2v) is 10.9. The normalized spacial score (nSPS) is 16.3. The molecule has 2 aliphatic rings. The Morgan fingerprint density at radius 1 is 1.15 bits per heavy atom. The summed E-state index contributed by atoms with van der Waals surface area (Å²) < 4.78 is 42.5. The van der Waals surface area contributed by atoms with E-state index in [-0.39, 0.29) is 11.1 Å².